The van der Waals surface area contributed by atoms with Crippen LogP contribution in [0, 0.1) is 0 Å². The highest BCUT2D eigenvalue weighted by molar-refractivity contribution is 6.02. The van der Waals surface area contributed by atoms with Crippen molar-refractivity contribution in [2.75, 3.05) is 25.0 Å². The molecule has 2 aromatic rings. The smallest absolute Gasteiger partial charge is 0.274 e. The highest BCUT2D eigenvalue weighted by Gasteiger charge is 2.15. The van der Waals surface area contributed by atoms with E-state index >= 15 is 0 Å². The van der Waals surface area contributed by atoms with Gasteiger partial charge in [0.1, 0.15) is 11.4 Å². The lowest BCUT2D eigenvalue weighted by molar-refractivity contribution is 0.102. The molecule has 0 bridgehead atoms. The lowest BCUT2D eigenvalue weighted by Crippen LogP contribution is -2.28. The summed E-state index contributed by atoms with van der Waals surface area (Å²) in [7, 11) is 0. The summed E-state index contributed by atoms with van der Waals surface area (Å²) in [4.78, 5) is 16.4. The van der Waals surface area contributed by atoms with E-state index in [9.17, 15) is 4.79 Å². The molecule has 5 nitrogen and oxygen atoms in total. The SMILES string of the molecule is CCOc1ccc(C(=O)Nc2ccc(C3CCCNC3)cc2)nc1. The molecule has 1 aliphatic heterocycles. The Balaban J connectivity index is 1.61. The number of nitrogens with zero attached hydrogens (tertiary/aromatic N) is 1. The quantitative estimate of drug-likeness (QED) is 0.886. The van der Waals surface area contributed by atoms with Gasteiger partial charge in [-0.2, -0.15) is 0 Å². The number of rotatable bonds is 5. The average Bonchev–Trinajstić information content (AvgIpc) is 2.64. The van der Waals surface area contributed by atoms with Crippen LogP contribution in [-0.2, 0) is 0 Å². The van der Waals surface area contributed by atoms with Crippen molar-refractivity contribution in [3.63, 3.8) is 0 Å². The van der Waals surface area contributed by atoms with Gasteiger partial charge in [0.15, 0.2) is 0 Å². The van der Waals surface area contributed by atoms with Crippen LogP contribution in [0.5, 0.6) is 5.75 Å². The fraction of sp³-hybridized carbons (Fsp3) is 0.368. The highest BCUT2D eigenvalue weighted by atomic mass is 16.5. The Labute approximate surface area is 142 Å². The van der Waals surface area contributed by atoms with E-state index in [1.807, 2.05) is 19.1 Å². The number of carbonyl (C=O) groups excluding carboxylic acids is 1. The molecule has 1 amide bonds. The zero-order valence-corrected chi connectivity index (χ0v) is 13.9. The Kier molecular flexibility index (Phi) is 5.43. The molecule has 0 radical (unpaired) electrons. The number of aromatic nitrogens is 1. The predicted molar refractivity (Wildman–Crippen MR) is 94.6 cm³/mol. The minimum atomic E-state index is -0.217. The summed E-state index contributed by atoms with van der Waals surface area (Å²) in [6, 6.07) is 11.5. The van der Waals surface area contributed by atoms with Crippen molar-refractivity contribution < 1.29 is 9.53 Å². The van der Waals surface area contributed by atoms with Crippen LogP contribution in [-0.4, -0.2) is 30.6 Å². The third-order valence-corrected chi connectivity index (χ3v) is 4.22. The summed E-state index contributed by atoms with van der Waals surface area (Å²) in [6.45, 7) is 4.63. The molecule has 24 heavy (non-hydrogen) atoms. The maximum Gasteiger partial charge on any atom is 0.274 e. The first-order chi connectivity index (χ1) is 11.8. The van der Waals surface area contributed by atoms with Crippen LogP contribution in [0.15, 0.2) is 42.6 Å². The van der Waals surface area contributed by atoms with E-state index in [4.69, 9.17) is 4.74 Å². The third kappa shape index (κ3) is 4.11. The molecular weight excluding hydrogens is 302 g/mol. The zero-order chi connectivity index (χ0) is 16.8. The van der Waals surface area contributed by atoms with Crippen LogP contribution in [0.1, 0.15) is 41.7 Å². The van der Waals surface area contributed by atoms with Crippen molar-refractivity contribution in [3.8, 4) is 5.75 Å². The summed E-state index contributed by atoms with van der Waals surface area (Å²) >= 11 is 0. The topological polar surface area (TPSA) is 63.2 Å². The number of hydrogen-bond donors (Lipinski definition) is 2. The molecule has 1 aliphatic rings. The summed E-state index contributed by atoms with van der Waals surface area (Å²) < 4.78 is 5.33. The lowest BCUT2D eigenvalue weighted by Gasteiger charge is -2.23. The zero-order valence-electron chi connectivity index (χ0n) is 13.9. The standard InChI is InChI=1S/C19H23N3O2/c1-2-24-17-9-10-18(21-13-17)19(23)22-16-7-5-14(6-8-16)15-4-3-11-20-12-15/h5-10,13,15,20H,2-4,11-12H2,1H3,(H,22,23). The molecule has 1 unspecified atom stereocenters. The van der Waals surface area contributed by atoms with Gasteiger partial charge in [-0.25, -0.2) is 4.98 Å². The van der Waals surface area contributed by atoms with Crippen LogP contribution in [0.2, 0.25) is 0 Å². The Morgan fingerprint density at radius 1 is 1.29 bits per heavy atom. The van der Waals surface area contributed by atoms with Crippen molar-refractivity contribution in [3.05, 3.63) is 53.9 Å². The fourth-order valence-corrected chi connectivity index (χ4v) is 2.94. The Hall–Kier alpha value is -2.40. The molecule has 2 heterocycles. The molecule has 1 saturated heterocycles. The Morgan fingerprint density at radius 3 is 2.75 bits per heavy atom. The van der Waals surface area contributed by atoms with E-state index in [-0.39, 0.29) is 5.91 Å². The number of amides is 1. The van der Waals surface area contributed by atoms with Gasteiger partial charge in [-0.15, -0.1) is 0 Å². The summed E-state index contributed by atoms with van der Waals surface area (Å²) in [5.74, 6) is 1.01. The van der Waals surface area contributed by atoms with Crippen molar-refractivity contribution >= 4 is 11.6 Å². The van der Waals surface area contributed by atoms with Gasteiger partial charge in [0.2, 0.25) is 0 Å². The molecule has 1 aromatic carbocycles. The van der Waals surface area contributed by atoms with Gasteiger partial charge in [0.05, 0.1) is 12.8 Å². The molecule has 0 spiro atoms. The molecule has 2 N–H and O–H groups in total. The maximum absolute atomic E-state index is 12.2. The van der Waals surface area contributed by atoms with Crippen molar-refractivity contribution in [1.82, 2.24) is 10.3 Å². The van der Waals surface area contributed by atoms with Crippen LogP contribution >= 0.6 is 0 Å². The molecule has 3 rings (SSSR count). The van der Waals surface area contributed by atoms with Crippen molar-refractivity contribution in [2.24, 2.45) is 0 Å². The first-order valence-corrected chi connectivity index (χ1v) is 8.47. The third-order valence-electron chi connectivity index (χ3n) is 4.22. The second kappa shape index (κ2) is 7.93. The molecule has 126 valence electrons. The second-order valence-corrected chi connectivity index (χ2v) is 5.93. The second-order valence-electron chi connectivity index (χ2n) is 5.93. The first-order valence-electron chi connectivity index (χ1n) is 8.47. The van der Waals surface area contributed by atoms with Gasteiger partial charge < -0.3 is 15.4 Å². The van der Waals surface area contributed by atoms with Crippen molar-refractivity contribution in [2.45, 2.75) is 25.7 Å². The van der Waals surface area contributed by atoms with Gasteiger partial charge in [-0.05, 0) is 62.1 Å². The summed E-state index contributed by atoms with van der Waals surface area (Å²) in [6.07, 6.45) is 4.00. The first kappa shape index (κ1) is 16.5. The van der Waals surface area contributed by atoms with Crippen LogP contribution in [0.25, 0.3) is 0 Å². The van der Waals surface area contributed by atoms with E-state index in [1.54, 1.807) is 18.3 Å². The van der Waals surface area contributed by atoms with E-state index in [0.29, 0.717) is 24.0 Å². The van der Waals surface area contributed by atoms with E-state index in [0.717, 1.165) is 18.8 Å². The number of anilines is 1. The maximum atomic E-state index is 12.2. The molecule has 1 atom stereocenters. The summed E-state index contributed by atoms with van der Waals surface area (Å²) in [5, 5.41) is 6.31. The average molecular weight is 325 g/mol. The lowest BCUT2D eigenvalue weighted by atomic mass is 9.92. The van der Waals surface area contributed by atoms with E-state index < -0.39 is 0 Å². The minimum Gasteiger partial charge on any atom is -0.492 e. The number of carbonyl (C=O) groups is 1. The highest BCUT2D eigenvalue weighted by Crippen LogP contribution is 2.24. The summed E-state index contributed by atoms with van der Waals surface area (Å²) in [5.41, 5.74) is 2.47. The van der Waals surface area contributed by atoms with Crippen LogP contribution in [0.4, 0.5) is 5.69 Å². The minimum absolute atomic E-state index is 0.217. The number of hydrogen-bond acceptors (Lipinski definition) is 4. The van der Waals surface area contributed by atoms with Gasteiger partial charge in [-0.1, -0.05) is 12.1 Å². The van der Waals surface area contributed by atoms with Crippen LogP contribution < -0.4 is 15.4 Å². The van der Waals surface area contributed by atoms with Crippen molar-refractivity contribution in [1.29, 1.82) is 0 Å². The largest absolute Gasteiger partial charge is 0.492 e. The fourth-order valence-electron chi connectivity index (χ4n) is 2.94. The molecule has 5 heteroatoms. The van der Waals surface area contributed by atoms with Gasteiger partial charge in [-0.3, -0.25) is 4.79 Å². The number of pyridine rings is 1. The molecule has 1 aromatic heterocycles. The van der Waals surface area contributed by atoms with Crippen LogP contribution in [0.3, 0.4) is 0 Å². The Morgan fingerprint density at radius 2 is 2.12 bits per heavy atom. The number of nitrogens with one attached hydrogen (secondary N) is 2. The molecular formula is C19H23N3O2. The predicted octanol–water partition coefficient (Wildman–Crippen LogP) is 3.20. The number of piperidine rings is 1. The van der Waals surface area contributed by atoms with E-state index in [2.05, 4.69) is 27.8 Å². The van der Waals surface area contributed by atoms with E-state index in [1.165, 1.54) is 18.4 Å². The molecule has 1 fully saturated rings. The normalized spacial score (nSPS) is 17.3. The van der Waals surface area contributed by atoms with Gasteiger partial charge in [0.25, 0.3) is 5.91 Å². The number of ether oxygens (including phenoxy) is 1. The van der Waals surface area contributed by atoms with Gasteiger partial charge >= 0.3 is 0 Å². The van der Waals surface area contributed by atoms with Gasteiger partial charge in [0, 0.05) is 12.2 Å². The molecule has 0 aliphatic carbocycles. The molecule has 0 saturated carbocycles. The monoisotopic (exact) mass is 325 g/mol. The number of benzene rings is 1. The Bertz CT molecular complexity index is 662.